The topological polar surface area (TPSA) is 38.3 Å². The van der Waals surface area contributed by atoms with E-state index in [0.29, 0.717) is 5.56 Å². The average molecular weight is 317 g/mol. The van der Waals surface area contributed by atoms with Crippen molar-refractivity contribution >= 4 is 6.09 Å². The molecule has 124 valence electrons. The first-order valence-electron chi connectivity index (χ1n) is 7.07. The molecule has 0 radical (unpaired) electrons. The van der Waals surface area contributed by atoms with Crippen LogP contribution >= 0.6 is 0 Å². The lowest BCUT2D eigenvalue weighted by molar-refractivity contribution is -0.137. The van der Waals surface area contributed by atoms with Crippen molar-refractivity contribution in [3.63, 3.8) is 0 Å². The maximum Gasteiger partial charge on any atom is 0.416 e. The van der Waals surface area contributed by atoms with Crippen molar-refractivity contribution in [2.24, 2.45) is 5.92 Å². The van der Waals surface area contributed by atoms with E-state index in [1.165, 1.54) is 12.1 Å². The molecule has 1 aromatic rings. The predicted molar refractivity (Wildman–Crippen MR) is 78.4 cm³/mol. The van der Waals surface area contributed by atoms with Gasteiger partial charge in [0.15, 0.2) is 0 Å². The zero-order valence-electron chi connectivity index (χ0n) is 13.4. The summed E-state index contributed by atoms with van der Waals surface area (Å²) in [6.07, 6.45) is -4.96. The van der Waals surface area contributed by atoms with Crippen LogP contribution in [0, 0.1) is 5.92 Å². The molecule has 0 bridgehead atoms. The summed E-state index contributed by atoms with van der Waals surface area (Å²) < 4.78 is 42.9. The summed E-state index contributed by atoms with van der Waals surface area (Å²) in [5.74, 6) is 0.00394. The second kappa shape index (κ2) is 6.58. The van der Waals surface area contributed by atoms with Crippen LogP contribution in [0.2, 0.25) is 0 Å². The third kappa shape index (κ3) is 5.58. The van der Waals surface area contributed by atoms with E-state index in [4.69, 9.17) is 4.74 Å². The van der Waals surface area contributed by atoms with E-state index in [9.17, 15) is 18.0 Å². The van der Waals surface area contributed by atoms with Gasteiger partial charge in [-0.1, -0.05) is 26.0 Å². The van der Waals surface area contributed by atoms with Gasteiger partial charge in [0.1, 0.15) is 5.60 Å². The number of hydrogen-bond acceptors (Lipinski definition) is 2. The number of alkyl halides is 3. The molecule has 3 nitrogen and oxygen atoms in total. The molecule has 0 aromatic heterocycles. The van der Waals surface area contributed by atoms with Gasteiger partial charge in [-0.25, -0.2) is 4.79 Å². The molecule has 1 rings (SSSR count). The first kappa shape index (κ1) is 18.3. The molecule has 0 aliphatic heterocycles. The SMILES string of the molecule is CC(C)C(NC(=O)OC(C)(C)C)c1ccc(C(F)(F)F)cc1. The molecule has 0 aliphatic carbocycles. The number of benzene rings is 1. The number of hydrogen-bond donors (Lipinski definition) is 1. The van der Waals surface area contributed by atoms with Gasteiger partial charge in [0, 0.05) is 0 Å². The third-order valence-corrected chi connectivity index (χ3v) is 2.94. The molecule has 1 atom stereocenters. The lowest BCUT2D eigenvalue weighted by Gasteiger charge is -2.26. The molecule has 22 heavy (non-hydrogen) atoms. The molecule has 0 saturated carbocycles. The van der Waals surface area contributed by atoms with Crippen molar-refractivity contribution in [3.05, 3.63) is 35.4 Å². The summed E-state index contributed by atoms with van der Waals surface area (Å²) in [7, 11) is 0. The Bertz CT molecular complexity index is 502. The van der Waals surface area contributed by atoms with Crippen LogP contribution in [0.5, 0.6) is 0 Å². The van der Waals surface area contributed by atoms with Crippen LogP contribution < -0.4 is 5.32 Å². The molecule has 0 spiro atoms. The van der Waals surface area contributed by atoms with Gasteiger partial charge in [0.2, 0.25) is 0 Å². The smallest absolute Gasteiger partial charge is 0.416 e. The molecule has 0 aliphatic rings. The van der Waals surface area contributed by atoms with Gasteiger partial charge in [-0.2, -0.15) is 13.2 Å². The number of alkyl carbamates (subject to hydrolysis) is 1. The van der Waals surface area contributed by atoms with Gasteiger partial charge in [0.25, 0.3) is 0 Å². The highest BCUT2D eigenvalue weighted by Gasteiger charge is 2.30. The highest BCUT2D eigenvalue weighted by molar-refractivity contribution is 5.68. The quantitative estimate of drug-likeness (QED) is 0.858. The molecular weight excluding hydrogens is 295 g/mol. The van der Waals surface area contributed by atoms with Crippen molar-refractivity contribution in [1.29, 1.82) is 0 Å². The first-order valence-corrected chi connectivity index (χ1v) is 7.07. The Morgan fingerprint density at radius 3 is 1.95 bits per heavy atom. The van der Waals surface area contributed by atoms with E-state index in [0.717, 1.165) is 12.1 Å². The van der Waals surface area contributed by atoms with Crippen molar-refractivity contribution in [1.82, 2.24) is 5.32 Å². The highest BCUT2D eigenvalue weighted by Crippen LogP contribution is 2.31. The van der Waals surface area contributed by atoms with Crippen molar-refractivity contribution in [2.45, 2.75) is 52.4 Å². The number of carbonyl (C=O) groups excluding carboxylic acids is 1. The number of rotatable bonds is 3. The predicted octanol–water partition coefficient (Wildman–Crippen LogP) is 4.93. The number of carbonyl (C=O) groups is 1. The van der Waals surface area contributed by atoms with Crippen LogP contribution in [0.4, 0.5) is 18.0 Å². The molecule has 0 heterocycles. The van der Waals surface area contributed by atoms with Crippen LogP contribution in [-0.4, -0.2) is 11.7 Å². The normalized spacial score (nSPS) is 13.9. The van der Waals surface area contributed by atoms with E-state index in [-0.39, 0.29) is 5.92 Å². The number of amides is 1. The van der Waals surface area contributed by atoms with E-state index >= 15 is 0 Å². The first-order chi connectivity index (χ1) is 9.90. The number of halogens is 3. The fourth-order valence-electron chi connectivity index (χ4n) is 1.95. The monoisotopic (exact) mass is 317 g/mol. The maximum atomic E-state index is 12.6. The number of ether oxygens (including phenoxy) is 1. The Morgan fingerprint density at radius 1 is 1.09 bits per heavy atom. The molecule has 0 saturated heterocycles. The fraction of sp³-hybridized carbons (Fsp3) is 0.562. The molecule has 1 amide bonds. The summed E-state index contributed by atoms with van der Waals surface area (Å²) in [5, 5.41) is 2.71. The lowest BCUT2D eigenvalue weighted by atomic mass is 9.95. The highest BCUT2D eigenvalue weighted by atomic mass is 19.4. The molecular formula is C16H22F3NO2. The maximum absolute atomic E-state index is 12.6. The summed E-state index contributed by atoms with van der Waals surface area (Å²) in [6.45, 7) is 8.98. The Kier molecular flexibility index (Phi) is 5.49. The van der Waals surface area contributed by atoms with Crippen molar-refractivity contribution < 1.29 is 22.7 Å². The Balaban J connectivity index is 2.90. The minimum atomic E-state index is -4.37. The van der Waals surface area contributed by atoms with E-state index in [2.05, 4.69) is 5.32 Å². The Hall–Kier alpha value is -1.72. The van der Waals surface area contributed by atoms with Crippen molar-refractivity contribution in [2.75, 3.05) is 0 Å². The van der Waals surface area contributed by atoms with Crippen LogP contribution in [0.3, 0.4) is 0 Å². The summed E-state index contributed by atoms with van der Waals surface area (Å²) in [5.41, 5.74) is -0.740. The van der Waals surface area contributed by atoms with E-state index < -0.39 is 29.5 Å². The fourth-order valence-corrected chi connectivity index (χ4v) is 1.95. The van der Waals surface area contributed by atoms with Crippen LogP contribution in [0.25, 0.3) is 0 Å². The number of nitrogens with one attached hydrogen (secondary N) is 1. The van der Waals surface area contributed by atoms with Gasteiger partial charge in [-0.15, -0.1) is 0 Å². The van der Waals surface area contributed by atoms with Gasteiger partial charge >= 0.3 is 12.3 Å². The molecule has 0 fully saturated rings. The molecule has 1 N–H and O–H groups in total. The van der Waals surface area contributed by atoms with Gasteiger partial charge in [0.05, 0.1) is 11.6 Å². The largest absolute Gasteiger partial charge is 0.444 e. The lowest BCUT2D eigenvalue weighted by Crippen LogP contribution is -2.36. The van der Waals surface area contributed by atoms with Gasteiger partial charge < -0.3 is 10.1 Å². The minimum Gasteiger partial charge on any atom is -0.444 e. The summed E-state index contributed by atoms with van der Waals surface area (Å²) in [4.78, 5) is 11.9. The van der Waals surface area contributed by atoms with Crippen LogP contribution in [0.1, 0.15) is 51.8 Å². The van der Waals surface area contributed by atoms with Crippen molar-refractivity contribution in [3.8, 4) is 0 Å². The summed E-state index contributed by atoms with van der Waals surface area (Å²) >= 11 is 0. The second-order valence-electron chi connectivity index (χ2n) is 6.49. The molecule has 1 aromatic carbocycles. The van der Waals surface area contributed by atoms with E-state index in [1.54, 1.807) is 20.8 Å². The zero-order valence-corrected chi connectivity index (χ0v) is 13.4. The minimum absolute atomic E-state index is 0.00394. The van der Waals surface area contributed by atoms with E-state index in [1.807, 2.05) is 13.8 Å². The van der Waals surface area contributed by atoms with Gasteiger partial charge in [-0.3, -0.25) is 0 Å². The van der Waals surface area contributed by atoms with Crippen LogP contribution in [0.15, 0.2) is 24.3 Å². The standard InChI is InChI=1S/C16H22F3NO2/c1-10(2)13(20-14(21)22-15(3,4)5)11-6-8-12(9-7-11)16(17,18)19/h6-10,13H,1-5H3,(H,20,21). The summed E-state index contributed by atoms with van der Waals surface area (Å²) in [6, 6.07) is 4.37. The Morgan fingerprint density at radius 2 is 1.59 bits per heavy atom. The zero-order chi connectivity index (χ0) is 17.1. The third-order valence-electron chi connectivity index (χ3n) is 2.94. The van der Waals surface area contributed by atoms with Crippen LogP contribution in [-0.2, 0) is 10.9 Å². The molecule has 1 unspecified atom stereocenters. The Labute approximate surface area is 128 Å². The average Bonchev–Trinajstić information content (AvgIpc) is 2.32. The second-order valence-corrected chi connectivity index (χ2v) is 6.49. The molecule has 6 heteroatoms. The van der Waals surface area contributed by atoms with Gasteiger partial charge in [-0.05, 0) is 44.4 Å².